The maximum atomic E-state index is 11.4. The number of nitrogens with one attached hydrogen (secondary N) is 1. The van der Waals surface area contributed by atoms with Crippen LogP contribution < -0.4 is 5.32 Å². The highest BCUT2D eigenvalue weighted by Crippen LogP contribution is 2.26. The standard InChI is InChI=1S/C8H9BrClNOS/c1-5-4-6(13-7(5)9)8(12)11-3-2-10/h4H,2-3H2,1H3,(H,11,12). The van der Waals surface area contributed by atoms with Crippen molar-refractivity contribution in [1.82, 2.24) is 5.32 Å². The van der Waals surface area contributed by atoms with Crippen LogP contribution in [0.25, 0.3) is 0 Å². The van der Waals surface area contributed by atoms with Gasteiger partial charge >= 0.3 is 0 Å². The fourth-order valence-corrected chi connectivity index (χ4v) is 2.37. The number of rotatable bonds is 3. The van der Waals surface area contributed by atoms with Crippen LogP contribution in [-0.4, -0.2) is 18.3 Å². The molecule has 13 heavy (non-hydrogen) atoms. The lowest BCUT2D eigenvalue weighted by molar-refractivity contribution is 0.0960. The molecule has 2 nitrogen and oxygen atoms in total. The van der Waals surface area contributed by atoms with Crippen molar-refractivity contribution >= 4 is 44.8 Å². The molecule has 1 N–H and O–H groups in total. The number of thiophene rings is 1. The summed E-state index contributed by atoms with van der Waals surface area (Å²) in [6.45, 7) is 2.47. The minimum absolute atomic E-state index is 0.0561. The second kappa shape index (κ2) is 4.98. The average Bonchev–Trinajstić information content (AvgIpc) is 2.43. The summed E-state index contributed by atoms with van der Waals surface area (Å²) < 4.78 is 1.00. The highest BCUT2D eigenvalue weighted by molar-refractivity contribution is 9.11. The summed E-state index contributed by atoms with van der Waals surface area (Å²) in [5.41, 5.74) is 1.08. The number of amides is 1. The van der Waals surface area contributed by atoms with Crippen molar-refractivity contribution in [1.29, 1.82) is 0 Å². The van der Waals surface area contributed by atoms with Gasteiger partial charge in [-0.05, 0) is 34.5 Å². The molecule has 0 aliphatic carbocycles. The molecule has 0 radical (unpaired) electrons. The van der Waals surface area contributed by atoms with Gasteiger partial charge in [0.15, 0.2) is 0 Å². The maximum Gasteiger partial charge on any atom is 0.261 e. The Morgan fingerprint density at radius 1 is 1.77 bits per heavy atom. The fraction of sp³-hybridized carbons (Fsp3) is 0.375. The van der Waals surface area contributed by atoms with Crippen molar-refractivity contribution in [3.63, 3.8) is 0 Å². The lowest BCUT2D eigenvalue weighted by Gasteiger charge is -1.98. The smallest absolute Gasteiger partial charge is 0.261 e. The third-order valence-electron chi connectivity index (χ3n) is 1.46. The van der Waals surface area contributed by atoms with E-state index in [1.165, 1.54) is 11.3 Å². The fourth-order valence-electron chi connectivity index (χ4n) is 0.820. The molecule has 0 aromatic carbocycles. The van der Waals surface area contributed by atoms with E-state index in [2.05, 4.69) is 21.2 Å². The van der Waals surface area contributed by atoms with Gasteiger partial charge in [0.25, 0.3) is 5.91 Å². The Morgan fingerprint density at radius 3 is 2.92 bits per heavy atom. The Kier molecular flexibility index (Phi) is 4.22. The van der Waals surface area contributed by atoms with Gasteiger partial charge in [-0.1, -0.05) is 0 Å². The van der Waals surface area contributed by atoms with Crippen molar-refractivity contribution in [2.24, 2.45) is 0 Å². The second-order valence-corrected chi connectivity index (χ2v) is 5.26. The minimum atomic E-state index is -0.0561. The summed E-state index contributed by atoms with van der Waals surface area (Å²) >= 11 is 10.2. The molecule has 0 fully saturated rings. The average molecular weight is 283 g/mol. The van der Waals surface area contributed by atoms with Crippen LogP contribution in [0.3, 0.4) is 0 Å². The van der Waals surface area contributed by atoms with Gasteiger partial charge in [-0.3, -0.25) is 4.79 Å². The number of hydrogen-bond acceptors (Lipinski definition) is 2. The molecule has 0 saturated heterocycles. The Labute approximate surface area is 94.4 Å². The van der Waals surface area contributed by atoms with Gasteiger partial charge < -0.3 is 5.32 Å². The van der Waals surface area contributed by atoms with E-state index in [-0.39, 0.29) is 5.91 Å². The van der Waals surface area contributed by atoms with E-state index >= 15 is 0 Å². The quantitative estimate of drug-likeness (QED) is 0.849. The van der Waals surface area contributed by atoms with E-state index in [4.69, 9.17) is 11.6 Å². The molecule has 1 amide bonds. The molecule has 1 rings (SSSR count). The lowest BCUT2D eigenvalue weighted by atomic mass is 10.3. The Bertz CT molecular complexity index is 294. The molecule has 0 aliphatic heterocycles. The summed E-state index contributed by atoms with van der Waals surface area (Å²) in [5, 5.41) is 2.71. The monoisotopic (exact) mass is 281 g/mol. The van der Waals surface area contributed by atoms with Gasteiger partial charge in [0, 0.05) is 12.4 Å². The van der Waals surface area contributed by atoms with Crippen molar-refractivity contribution in [2.45, 2.75) is 6.92 Å². The summed E-state index contributed by atoms with van der Waals surface area (Å²) in [7, 11) is 0. The lowest BCUT2D eigenvalue weighted by Crippen LogP contribution is -2.24. The summed E-state index contributed by atoms with van der Waals surface area (Å²) in [6.07, 6.45) is 0. The van der Waals surface area contributed by atoms with Crippen LogP contribution in [0.5, 0.6) is 0 Å². The molecular formula is C8H9BrClNOS. The first-order valence-corrected chi connectivity index (χ1v) is 5.89. The number of carbonyl (C=O) groups excluding carboxylic acids is 1. The Morgan fingerprint density at radius 2 is 2.46 bits per heavy atom. The molecule has 0 unspecified atom stereocenters. The van der Waals surface area contributed by atoms with Crippen LogP contribution in [0, 0.1) is 6.92 Å². The van der Waals surface area contributed by atoms with E-state index in [1.54, 1.807) is 0 Å². The van der Waals surface area contributed by atoms with Crippen LogP contribution in [0.1, 0.15) is 15.2 Å². The number of alkyl halides is 1. The van der Waals surface area contributed by atoms with Gasteiger partial charge in [0.1, 0.15) is 0 Å². The highest BCUT2D eigenvalue weighted by atomic mass is 79.9. The molecule has 1 aromatic heterocycles. The van der Waals surface area contributed by atoms with E-state index < -0.39 is 0 Å². The second-order valence-electron chi connectivity index (χ2n) is 2.51. The zero-order chi connectivity index (χ0) is 9.84. The Hall–Kier alpha value is -0.0600. The number of halogens is 2. The zero-order valence-corrected chi connectivity index (χ0v) is 10.2. The molecule has 0 saturated carbocycles. The van der Waals surface area contributed by atoms with Crippen LogP contribution >= 0.6 is 38.9 Å². The molecule has 72 valence electrons. The summed E-state index contributed by atoms with van der Waals surface area (Å²) in [6, 6.07) is 1.86. The first-order chi connectivity index (χ1) is 6.15. The van der Waals surface area contributed by atoms with Gasteiger partial charge in [-0.15, -0.1) is 22.9 Å². The maximum absolute atomic E-state index is 11.4. The van der Waals surface area contributed by atoms with Gasteiger partial charge in [0.2, 0.25) is 0 Å². The summed E-state index contributed by atoms with van der Waals surface area (Å²) in [4.78, 5) is 12.1. The number of aryl methyl sites for hydroxylation is 1. The van der Waals surface area contributed by atoms with E-state index in [0.717, 1.165) is 14.2 Å². The molecule has 0 atom stereocenters. The Balaban J connectivity index is 2.66. The molecule has 5 heteroatoms. The third-order valence-corrected chi connectivity index (χ3v) is 3.79. The molecule has 0 bridgehead atoms. The van der Waals surface area contributed by atoms with E-state index in [9.17, 15) is 4.79 Å². The zero-order valence-electron chi connectivity index (χ0n) is 7.06. The van der Waals surface area contributed by atoms with Crippen LogP contribution in [0.15, 0.2) is 9.85 Å². The van der Waals surface area contributed by atoms with Crippen molar-refractivity contribution in [3.8, 4) is 0 Å². The normalized spacial score (nSPS) is 10.1. The van der Waals surface area contributed by atoms with E-state index in [1.807, 2.05) is 13.0 Å². The number of carbonyl (C=O) groups is 1. The SMILES string of the molecule is Cc1cc(C(=O)NCCCl)sc1Br. The molecule has 1 aromatic rings. The highest BCUT2D eigenvalue weighted by Gasteiger charge is 2.09. The van der Waals surface area contributed by atoms with Gasteiger partial charge in [-0.25, -0.2) is 0 Å². The van der Waals surface area contributed by atoms with Crippen LogP contribution in [0.2, 0.25) is 0 Å². The van der Waals surface area contributed by atoms with Gasteiger partial charge in [-0.2, -0.15) is 0 Å². The minimum Gasteiger partial charge on any atom is -0.350 e. The predicted molar refractivity (Wildman–Crippen MR) is 59.8 cm³/mol. The first-order valence-electron chi connectivity index (χ1n) is 3.75. The first kappa shape index (κ1) is 11.0. The molecule has 0 spiro atoms. The van der Waals surface area contributed by atoms with Crippen molar-refractivity contribution < 1.29 is 4.79 Å². The van der Waals surface area contributed by atoms with Crippen LogP contribution in [0.4, 0.5) is 0 Å². The third kappa shape index (κ3) is 2.97. The summed E-state index contributed by atoms with van der Waals surface area (Å²) in [5.74, 6) is 0.386. The van der Waals surface area contributed by atoms with E-state index in [0.29, 0.717) is 12.4 Å². The van der Waals surface area contributed by atoms with Crippen LogP contribution in [-0.2, 0) is 0 Å². The van der Waals surface area contributed by atoms with Gasteiger partial charge in [0.05, 0.1) is 8.66 Å². The van der Waals surface area contributed by atoms with Crippen molar-refractivity contribution in [3.05, 3.63) is 20.3 Å². The molecule has 1 heterocycles. The molecular weight excluding hydrogens is 274 g/mol. The predicted octanol–water partition coefficient (Wildman–Crippen LogP) is 2.79. The largest absolute Gasteiger partial charge is 0.350 e. The topological polar surface area (TPSA) is 29.1 Å². The number of hydrogen-bond donors (Lipinski definition) is 1. The molecule has 0 aliphatic rings. The van der Waals surface area contributed by atoms with Crippen molar-refractivity contribution in [2.75, 3.05) is 12.4 Å².